The van der Waals surface area contributed by atoms with Crippen molar-refractivity contribution in [1.29, 1.82) is 0 Å². The quantitative estimate of drug-likeness (QED) is 0.864. The van der Waals surface area contributed by atoms with Crippen molar-refractivity contribution in [3.05, 3.63) is 41.3 Å². The van der Waals surface area contributed by atoms with Crippen LogP contribution in [0.2, 0.25) is 0 Å². The van der Waals surface area contributed by atoms with Crippen LogP contribution >= 0.6 is 0 Å². The highest BCUT2D eigenvalue weighted by Gasteiger charge is 2.28. The molecular weight excluding hydrogens is 280 g/mol. The van der Waals surface area contributed by atoms with E-state index in [1.807, 2.05) is 6.92 Å². The molecular formula is C16H20N4O2. The second-order valence-corrected chi connectivity index (χ2v) is 5.81. The topological polar surface area (TPSA) is 72.1 Å². The van der Waals surface area contributed by atoms with E-state index in [4.69, 9.17) is 4.52 Å². The number of aromatic nitrogens is 3. The van der Waals surface area contributed by atoms with E-state index >= 15 is 0 Å². The minimum atomic E-state index is -0.105. The molecule has 0 saturated heterocycles. The van der Waals surface area contributed by atoms with E-state index < -0.39 is 0 Å². The minimum Gasteiger partial charge on any atom is -0.350 e. The first-order chi connectivity index (χ1) is 10.7. The molecule has 0 unspecified atom stereocenters. The number of carbonyl (C=O) groups excluding carboxylic acids is 1. The van der Waals surface area contributed by atoms with Crippen molar-refractivity contribution < 1.29 is 9.32 Å². The van der Waals surface area contributed by atoms with Crippen LogP contribution in [0, 0.1) is 0 Å². The normalized spacial score (nSPS) is 15.2. The van der Waals surface area contributed by atoms with Gasteiger partial charge in [0.25, 0.3) is 5.91 Å². The number of likely N-dealkylation sites (N-methyl/N-ethyl adjacent to an activating group) is 1. The zero-order valence-electron chi connectivity index (χ0n) is 13.0. The van der Waals surface area contributed by atoms with Crippen LogP contribution in [0.4, 0.5) is 0 Å². The van der Waals surface area contributed by atoms with Gasteiger partial charge in [0.15, 0.2) is 0 Å². The Morgan fingerprint density at radius 1 is 1.36 bits per heavy atom. The summed E-state index contributed by atoms with van der Waals surface area (Å²) >= 11 is 0. The van der Waals surface area contributed by atoms with Crippen LogP contribution in [0.25, 0.3) is 0 Å². The smallest absolute Gasteiger partial charge is 0.292 e. The third-order valence-corrected chi connectivity index (χ3v) is 4.26. The predicted molar refractivity (Wildman–Crippen MR) is 80.4 cm³/mol. The number of aryl methyl sites for hydroxylation is 1. The highest BCUT2D eigenvalue weighted by molar-refractivity contribution is 5.93. The maximum atomic E-state index is 12.7. The van der Waals surface area contributed by atoms with Gasteiger partial charge >= 0.3 is 0 Å². The Balaban J connectivity index is 1.72. The molecule has 2 heterocycles. The van der Waals surface area contributed by atoms with E-state index in [1.54, 1.807) is 30.5 Å². The van der Waals surface area contributed by atoms with Gasteiger partial charge in [-0.3, -0.25) is 14.8 Å². The van der Waals surface area contributed by atoms with Crippen LogP contribution in [0.5, 0.6) is 0 Å². The molecule has 1 amide bonds. The van der Waals surface area contributed by atoms with Gasteiger partial charge in [0.1, 0.15) is 0 Å². The van der Waals surface area contributed by atoms with Crippen molar-refractivity contribution >= 4 is 5.91 Å². The lowest BCUT2D eigenvalue weighted by molar-refractivity contribution is 0.0699. The van der Waals surface area contributed by atoms with Crippen molar-refractivity contribution in [3.8, 4) is 0 Å². The standard InChI is InChI=1S/C16H20N4O2/c1-11(9-12-10-17-7-8-18-12)20(2)16(21)15-13-5-3-4-6-14(13)19-22-15/h7-8,10-11H,3-6,9H2,1-2H3/t11-/m0/s1. The van der Waals surface area contributed by atoms with Gasteiger partial charge in [0.2, 0.25) is 5.76 Å². The first-order valence-electron chi connectivity index (χ1n) is 7.66. The predicted octanol–water partition coefficient (Wildman–Crippen LogP) is 2.05. The first kappa shape index (κ1) is 14.7. The van der Waals surface area contributed by atoms with Gasteiger partial charge in [-0.25, -0.2) is 0 Å². The van der Waals surface area contributed by atoms with Crippen LogP contribution in [-0.4, -0.2) is 39.0 Å². The molecule has 0 N–H and O–H groups in total. The number of carbonyl (C=O) groups is 1. The molecule has 0 saturated carbocycles. The number of fused-ring (bicyclic) bond motifs is 1. The molecule has 2 aromatic heterocycles. The van der Waals surface area contributed by atoms with Gasteiger partial charge in [0.05, 0.1) is 11.4 Å². The molecule has 6 nitrogen and oxygen atoms in total. The maximum Gasteiger partial charge on any atom is 0.292 e. The van der Waals surface area contributed by atoms with Gasteiger partial charge in [-0.15, -0.1) is 0 Å². The van der Waals surface area contributed by atoms with E-state index in [0.29, 0.717) is 12.2 Å². The number of hydrogen-bond acceptors (Lipinski definition) is 5. The maximum absolute atomic E-state index is 12.7. The molecule has 0 bridgehead atoms. The molecule has 2 aromatic rings. The van der Waals surface area contributed by atoms with Crippen LogP contribution in [0.1, 0.15) is 47.3 Å². The van der Waals surface area contributed by atoms with Gasteiger partial charge in [-0.1, -0.05) is 5.16 Å². The Bertz CT molecular complexity index is 653. The first-order valence-corrected chi connectivity index (χ1v) is 7.66. The molecule has 0 radical (unpaired) electrons. The Morgan fingerprint density at radius 3 is 2.95 bits per heavy atom. The van der Waals surface area contributed by atoms with Crippen molar-refractivity contribution in [2.75, 3.05) is 7.05 Å². The van der Waals surface area contributed by atoms with Gasteiger partial charge in [-0.2, -0.15) is 0 Å². The van der Waals surface area contributed by atoms with Crippen molar-refractivity contribution in [2.24, 2.45) is 0 Å². The summed E-state index contributed by atoms with van der Waals surface area (Å²) in [5.41, 5.74) is 2.81. The lowest BCUT2D eigenvalue weighted by Gasteiger charge is -2.24. The third kappa shape index (κ3) is 2.86. The number of rotatable bonds is 4. The summed E-state index contributed by atoms with van der Waals surface area (Å²) in [5, 5.41) is 4.06. The minimum absolute atomic E-state index is 0.00791. The van der Waals surface area contributed by atoms with Gasteiger partial charge in [0, 0.05) is 43.7 Å². The van der Waals surface area contributed by atoms with Crippen LogP contribution in [-0.2, 0) is 19.3 Å². The summed E-state index contributed by atoms with van der Waals surface area (Å²) < 4.78 is 5.33. The molecule has 0 aliphatic heterocycles. The Hall–Kier alpha value is -2.24. The van der Waals surface area contributed by atoms with Crippen LogP contribution in [0.15, 0.2) is 23.1 Å². The zero-order valence-corrected chi connectivity index (χ0v) is 13.0. The Morgan fingerprint density at radius 2 is 2.18 bits per heavy atom. The summed E-state index contributed by atoms with van der Waals surface area (Å²) in [4.78, 5) is 22.7. The molecule has 0 spiro atoms. The zero-order chi connectivity index (χ0) is 15.5. The van der Waals surface area contributed by atoms with Crippen molar-refractivity contribution in [2.45, 2.75) is 45.1 Å². The molecule has 116 valence electrons. The summed E-state index contributed by atoms with van der Waals surface area (Å²) in [5.74, 6) is 0.301. The van der Waals surface area contributed by atoms with Gasteiger partial charge in [-0.05, 0) is 32.6 Å². The Kier molecular flexibility index (Phi) is 4.18. The summed E-state index contributed by atoms with van der Waals surface area (Å²) in [6.45, 7) is 2.00. The summed E-state index contributed by atoms with van der Waals surface area (Å²) in [6.07, 6.45) is 9.69. The van der Waals surface area contributed by atoms with Crippen LogP contribution in [0.3, 0.4) is 0 Å². The van der Waals surface area contributed by atoms with E-state index in [9.17, 15) is 4.79 Å². The molecule has 22 heavy (non-hydrogen) atoms. The SMILES string of the molecule is C[C@@H](Cc1cnccn1)N(C)C(=O)c1onc2c1CCCC2. The molecule has 1 atom stereocenters. The van der Waals surface area contributed by atoms with E-state index in [2.05, 4.69) is 15.1 Å². The van der Waals surface area contributed by atoms with E-state index in [1.165, 1.54) is 0 Å². The molecule has 1 aliphatic rings. The fraction of sp³-hybridized carbons (Fsp3) is 0.500. The molecule has 6 heteroatoms. The number of amides is 1. The monoisotopic (exact) mass is 300 g/mol. The molecule has 3 rings (SSSR count). The molecule has 0 fully saturated rings. The summed E-state index contributed by atoms with van der Waals surface area (Å²) in [7, 11) is 1.79. The highest BCUT2D eigenvalue weighted by atomic mass is 16.5. The number of hydrogen-bond donors (Lipinski definition) is 0. The second kappa shape index (κ2) is 6.25. The average Bonchev–Trinajstić information content (AvgIpc) is 2.98. The molecule has 1 aliphatic carbocycles. The lowest BCUT2D eigenvalue weighted by Crippen LogP contribution is -2.37. The fourth-order valence-corrected chi connectivity index (χ4v) is 2.79. The van der Waals surface area contributed by atoms with E-state index in [0.717, 1.165) is 42.6 Å². The van der Waals surface area contributed by atoms with E-state index in [-0.39, 0.29) is 11.9 Å². The second-order valence-electron chi connectivity index (χ2n) is 5.81. The van der Waals surface area contributed by atoms with Crippen molar-refractivity contribution in [3.63, 3.8) is 0 Å². The third-order valence-electron chi connectivity index (χ3n) is 4.26. The lowest BCUT2D eigenvalue weighted by atomic mass is 9.95. The van der Waals surface area contributed by atoms with Crippen molar-refractivity contribution in [1.82, 2.24) is 20.0 Å². The summed E-state index contributed by atoms with van der Waals surface area (Å²) in [6, 6.07) is 0.00791. The largest absolute Gasteiger partial charge is 0.350 e. The highest BCUT2D eigenvalue weighted by Crippen LogP contribution is 2.25. The van der Waals surface area contributed by atoms with Gasteiger partial charge < -0.3 is 9.42 Å². The van der Waals surface area contributed by atoms with Crippen LogP contribution < -0.4 is 0 Å². The Labute approximate surface area is 129 Å². The fourth-order valence-electron chi connectivity index (χ4n) is 2.79. The molecule has 0 aromatic carbocycles. The number of nitrogens with zero attached hydrogens (tertiary/aromatic N) is 4. The average molecular weight is 300 g/mol.